The van der Waals surface area contributed by atoms with Gasteiger partial charge in [-0.15, -0.1) is 0 Å². The van der Waals surface area contributed by atoms with Gasteiger partial charge in [0.15, 0.2) is 0 Å². The van der Waals surface area contributed by atoms with Crippen molar-refractivity contribution in [3.8, 4) is 0 Å². The largest absolute Gasteiger partial charge is 0.373 e. The first-order valence-corrected chi connectivity index (χ1v) is 6.67. The fraction of sp³-hybridized carbons (Fsp3) is 0.538. The number of nitrogens with one attached hydrogen (secondary N) is 1. The van der Waals surface area contributed by atoms with E-state index in [-0.39, 0.29) is 18.1 Å². The lowest BCUT2D eigenvalue weighted by molar-refractivity contribution is -0.0586. The van der Waals surface area contributed by atoms with E-state index < -0.39 is 0 Å². The Labute approximate surface area is 117 Å². The van der Waals surface area contributed by atoms with Crippen LogP contribution in [-0.4, -0.2) is 48.1 Å². The summed E-state index contributed by atoms with van der Waals surface area (Å²) in [6, 6.07) is 1.68. The monoisotopic (exact) mass is 283 g/mol. The minimum absolute atomic E-state index is 0.0390. The molecule has 2 rings (SSSR count). The van der Waals surface area contributed by atoms with Gasteiger partial charge in [0.25, 0.3) is 5.91 Å². The van der Waals surface area contributed by atoms with Crippen LogP contribution in [0.3, 0.4) is 0 Å². The summed E-state index contributed by atoms with van der Waals surface area (Å²) in [5, 5.41) is 3.28. The second-order valence-corrected chi connectivity index (χ2v) is 5.17. The van der Waals surface area contributed by atoms with E-state index >= 15 is 0 Å². The molecule has 2 atom stereocenters. The predicted octanol–water partition coefficient (Wildman–Crippen LogP) is 2.03. The first kappa shape index (κ1) is 14.1. The Morgan fingerprint density at radius 3 is 2.68 bits per heavy atom. The lowest BCUT2D eigenvalue weighted by Gasteiger charge is -2.35. The predicted molar refractivity (Wildman–Crippen MR) is 74.7 cm³/mol. The quantitative estimate of drug-likeness (QED) is 0.902. The number of carbonyl (C=O) groups is 1. The van der Waals surface area contributed by atoms with Gasteiger partial charge in [-0.25, -0.2) is 4.98 Å². The Balaban J connectivity index is 2.23. The van der Waals surface area contributed by atoms with Crippen LogP contribution in [0.15, 0.2) is 12.3 Å². The van der Waals surface area contributed by atoms with Crippen molar-refractivity contribution in [3.63, 3.8) is 0 Å². The molecule has 1 aliphatic heterocycles. The standard InChI is InChI=1S/C13H18ClN3O2/c1-8-6-17(7-9(2)19-8)13(18)10-4-12(15-3)16-5-11(10)14/h4-5,8-9H,6-7H2,1-3H3,(H,15,16)/t8-,9+. The second-order valence-electron chi connectivity index (χ2n) is 4.77. The minimum Gasteiger partial charge on any atom is -0.373 e. The van der Waals surface area contributed by atoms with E-state index in [1.807, 2.05) is 13.8 Å². The SMILES string of the molecule is CNc1cc(C(=O)N2C[C@@H](C)O[C@@H](C)C2)c(Cl)cn1. The van der Waals surface area contributed by atoms with Crippen LogP contribution in [0.1, 0.15) is 24.2 Å². The fourth-order valence-corrected chi connectivity index (χ4v) is 2.44. The summed E-state index contributed by atoms with van der Waals surface area (Å²) in [6.45, 7) is 5.08. The highest BCUT2D eigenvalue weighted by Crippen LogP contribution is 2.21. The van der Waals surface area contributed by atoms with Gasteiger partial charge in [-0.3, -0.25) is 4.79 Å². The van der Waals surface area contributed by atoms with Crippen molar-refractivity contribution < 1.29 is 9.53 Å². The summed E-state index contributed by atoms with van der Waals surface area (Å²) in [7, 11) is 1.75. The number of pyridine rings is 1. The van der Waals surface area contributed by atoms with Gasteiger partial charge < -0.3 is 15.0 Å². The maximum Gasteiger partial charge on any atom is 0.255 e. The molecule has 1 fully saturated rings. The van der Waals surface area contributed by atoms with Gasteiger partial charge in [0.1, 0.15) is 5.82 Å². The van der Waals surface area contributed by atoms with Gasteiger partial charge in [0.2, 0.25) is 0 Å². The molecular formula is C13H18ClN3O2. The smallest absolute Gasteiger partial charge is 0.255 e. The lowest BCUT2D eigenvalue weighted by Crippen LogP contribution is -2.48. The molecule has 5 nitrogen and oxygen atoms in total. The number of rotatable bonds is 2. The van der Waals surface area contributed by atoms with Crippen molar-refractivity contribution in [3.05, 3.63) is 22.8 Å². The Morgan fingerprint density at radius 2 is 2.11 bits per heavy atom. The second kappa shape index (κ2) is 5.75. The van der Waals surface area contributed by atoms with Gasteiger partial charge >= 0.3 is 0 Å². The molecule has 0 bridgehead atoms. The number of hydrogen-bond donors (Lipinski definition) is 1. The number of hydrogen-bond acceptors (Lipinski definition) is 4. The van der Waals surface area contributed by atoms with Crippen molar-refractivity contribution in [2.45, 2.75) is 26.1 Å². The highest BCUT2D eigenvalue weighted by atomic mass is 35.5. The van der Waals surface area contributed by atoms with Crippen LogP contribution in [0.5, 0.6) is 0 Å². The van der Waals surface area contributed by atoms with E-state index in [4.69, 9.17) is 16.3 Å². The molecule has 1 aliphatic rings. The topological polar surface area (TPSA) is 54.5 Å². The molecule has 1 aromatic heterocycles. The summed E-state index contributed by atoms with van der Waals surface area (Å²) in [6.07, 6.45) is 1.57. The van der Waals surface area contributed by atoms with E-state index in [2.05, 4.69) is 10.3 Å². The van der Waals surface area contributed by atoms with E-state index in [0.717, 1.165) is 0 Å². The van der Waals surface area contributed by atoms with Crippen molar-refractivity contribution in [2.75, 3.05) is 25.5 Å². The lowest BCUT2D eigenvalue weighted by atomic mass is 10.1. The maximum absolute atomic E-state index is 12.5. The van der Waals surface area contributed by atoms with Crippen LogP contribution in [-0.2, 0) is 4.74 Å². The number of aromatic nitrogens is 1. The van der Waals surface area contributed by atoms with Crippen molar-refractivity contribution in [1.82, 2.24) is 9.88 Å². The molecule has 0 aliphatic carbocycles. The van der Waals surface area contributed by atoms with Gasteiger partial charge in [-0.1, -0.05) is 11.6 Å². The third kappa shape index (κ3) is 3.16. The van der Waals surface area contributed by atoms with Gasteiger partial charge in [0.05, 0.1) is 22.8 Å². The van der Waals surface area contributed by atoms with E-state index in [1.165, 1.54) is 6.20 Å². The maximum atomic E-state index is 12.5. The Kier molecular flexibility index (Phi) is 4.27. The van der Waals surface area contributed by atoms with E-state index in [1.54, 1.807) is 18.0 Å². The van der Waals surface area contributed by atoms with Crippen LogP contribution in [0, 0.1) is 0 Å². The fourth-order valence-electron chi connectivity index (χ4n) is 2.25. The first-order valence-electron chi connectivity index (χ1n) is 6.29. The summed E-state index contributed by atoms with van der Waals surface area (Å²) in [5.41, 5.74) is 0.474. The summed E-state index contributed by atoms with van der Waals surface area (Å²) >= 11 is 6.07. The molecule has 1 saturated heterocycles. The molecule has 1 amide bonds. The molecule has 2 heterocycles. The van der Waals surface area contributed by atoms with Gasteiger partial charge in [-0.2, -0.15) is 0 Å². The van der Waals surface area contributed by atoms with Crippen molar-refractivity contribution in [1.29, 1.82) is 0 Å². The zero-order valence-corrected chi connectivity index (χ0v) is 12.1. The van der Waals surface area contributed by atoms with Crippen LogP contribution in [0.4, 0.5) is 5.82 Å². The Bertz CT molecular complexity index is 471. The van der Waals surface area contributed by atoms with Crippen LogP contribution in [0.25, 0.3) is 0 Å². The molecule has 0 aromatic carbocycles. The zero-order chi connectivity index (χ0) is 14.0. The zero-order valence-electron chi connectivity index (χ0n) is 11.3. The third-order valence-electron chi connectivity index (χ3n) is 3.05. The average molecular weight is 284 g/mol. The molecule has 104 valence electrons. The summed E-state index contributed by atoms with van der Waals surface area (Å²) in [5.74, 6) is 0.549. The Hall–Kier alpha value is -1.33. The van der Waals surface area contributed by atoms with E-state index in [9.17, 15) is 4.79 Å². The average Bonchev–Trinajstić information content (AvgIpc) is 2.37. The van der Waals surface area contributed by atoms with Gasteiger partial charge in [-0.05, 0) is 19.9 Å². The molecule has 6 heteroatoms. The van der Waals surface area contributed by atoms with Crippen LogP contribution in [0.2, 0.25) is 5.02 Å². The first-order chi connectivity index (χ1) is 9.01. The number of carbonyl (C=O) groups excluding carboxylic acids is 1. The van der Waals surface area contributed by atoms with Crippen molar-refractivity contribution in [2.24, 2.45) is 0 Å². The van der Waals surface area contributed by atoms with Crippen molar-refractivity contribution >= 4 is 23.3 Å². The minimum atomic E-state index is -0.0779. The molecule has 0 radical (unpaired) electrons. The summed E-state index contributed by atoms with van der Waals surface area (Å²) in [4.78, 5) is 18.4. The van der Waals surface area contributed by atoms with Crippen LogP contribution >= 0.6 is 11.6 Å². The molecule has 1 N–H and O–H groups in total. The third-order valence-corrected chi connectivity index (χ3v) is 3.35. The molecule has 0 saturated carbocycles. The molecule has 19 heavy (non-hydrogen) atoms. The summed E-state index contributed by atoms with van der Waals surface area (Å²) < 4.78 is 5.63. The Morgan fingerprint density at radius 1 is 1.47 bits per heavy atom. The molecule has 0 spiro atoms. The normalized spacial score (nSPS) is 23.3. The number of amides is 1. The molecule has 0 unspecified atom stereocenters. The number of nitrogens with zero attached hydrogens (tertiary/aromatic N) is 2. The highest BCUT2D eigenvalue weighted by Gasteiger charge is 2.27. The number of morpholine rings is 1. The molecule has 1 aromatic rings. The number of halogens is 1. The van der Waals surface area contributed by atoms with Gasteiger partial charge in [0, 0.05) is 26.3 Å². The number of ether oxygens (including phenoxy) is 1. The van der Waals surface area contributed by atoms with E-state index in [0.29, 0.717) is 29.5 Å². The highest BCUT2D eigenvalue weighted by molar-refractivity contribution is 6.33. The molecular weight excluding hydrogens is 266 g/mol. The van der Waals surface area contributed by atoms with Crippen LogP contribution < -0.4 is 5.32 Å². The number of anilines is 1.